The van der Waals surface area contributed by atoms with Crippen molar-refractivity contribution in [3.63, 3.8) is 0 Å². The summed E-state index contributed by atoms with van der Waals surface area (Å²) in [7, 11) is 0. The van der Waals surface area contributed by atoms with Gasteiger partial charge in [0.25, 0.3) is 5.91 Å². The number of hydrazone groups is 1. The van der Waals surface area contributed by atoms with Crippen molar-refractivity contribution in [2.45, 2.75) is 13.5 Å². The highest BCUT2D eigenvalue weighted by Crippen LogP contribution is 2.37. The summed E-state index contributed by atoms with van der Waals surface area (Å²) in [5, 5.41) is 5.35. The highest BCUT2D eigenvalue weighted by atomic mass is 79.9. The molecule has 0 aliphatic carbocycles. The second-order valence-electron chi connectivity index (χ2n) is 6.51. The molecule has 0 fully saturated rings. The zero-order valence-corrected chi connectivity index (χ0v) is 20.7. The molecule has 0 saturated heterocycles. The Balaban J connectivity index is 1.71. The van der Waals surface area contributed by atoms with Gasteiger partial charge in [0.15, 0.2) is 11.5 Å². The van der Waals surface area contributed by atoms with E-state index in [0.717, 1.165) is 5.56 Å². The summed E-state index contributed by atoms with van der Waals surface area (Å²) in [6.07, 6.45) is 1.51. The molecule has 9 heteroatoms. The molecule has 3 rings (SSSR count). The molecule has 0 saturated carbocycles. The molecular formula is C23H18BrCl3N2O3. The van der Waals surface area contributed by atoms with Crippen LogP contribution in [0.1, 0.15) is 28.4 Å². The first kappa shape index (κ1) is 24.4. The number of hydrogen-bond donors (Lipinski definition) is 1. The van der Waals surface area contributed by atoms with Gasteiger partial charge >= 0.3 is 0 Å². The van der Waals surface area contributed by atoms with E-state index < -0.39 is 5.91 Å². The molecule has 3 aromatic carbocycles. The van der Waals surface area contributed by atoms with E-state index in [-0.39, 0.29) is 0 Å². The first-order valence-corrected chi connectivity index (χ1v) is 11.4. The third-order valence-electron chi connectivity index (χ3n) is 4.19. The molecular weight excluding hydrogens is 539 g/mol. The zero-order valence-electron chi connectivity index (χ0n) is 16.9. The van der Waals surface area contributed by atoms with Crippen molar-refractivity contribution < 1.29 is 14.3 Å². The minimum Gasteiger partial charge on any atom is -0.490 e. The van der Waals surface area contributed by atoms with Crippen LogP contribution in [0.2, 0.25) is 15.1 Å². The first-order chi connectivity index (χ1) is 15.4. The molecule has 32 heavy (non-hydrogen) atoms. The lowest BCUT2D eigenvalue weighted by Crippen LogP contribution is -2.17. The number of rotatable bonds is 8. The summed E-state index contributed by atoms with van der Waals surface area (Å²) in [6.45, 7) is 2.69. The Hall–Kier alpha value is -2.25. The van der Waals surface area contributed by atoms with Gasteiger partial charge in [0, 0.05) is 10.6 Å². The Morgan fingerprint density at radius 3 is 2.47 bits per heavy atom. The summed E-state index contributed by atoms with van der Waals surface area (Å²) in [5.41, 5.74) is 4.48. The van der Waals surface area contributed by atoms with E-state index in [0.29, 0.717) is 55.4 Å². The molecule has 0 unspecified atom stereocenters. The number of ether oxygens (including phenoxy) is 2. The molecule has 0 aliphatic heterocycles. The van der Waals surface area contributed by atoms with E-state index in [1.54, 1.807) is 18.2 Å². The molecule has 0 aromatic heterocycles. The number of benzene rings is 3. The summed E-state index contributed by atoms with van der Waals surface area (Å²) in [5.74, 6) is 0.707. The summed E-state index contributed by atoms with van der Waals surface area (Å²) in [4.78, 5) is 12.2. The quantitative estimate of drug-likeness (QED) is 0.237. The van der Waals surface area contributed by atoms with Crippen molar-refractivity contribution in [3.8, 4) is 11.5 Å². The normalized spacial score (nSPS) is 10.9. The van der Waals surface area contributed by atoms with E-state index in [1.165, 1.54) is 12.3 Å². The largest absolute Gasteiger partial charge is 0.490 e. The third-order valence-corrected chi connectivity index (χ3v) is 5.77. The predicted molar refractivity (Wildman–Crippen MR) is 133 cm³/mol. The Kier molecular flexibility index (Phi) is 8.82. The van der Waals surface area contributed by atoms with Crippen molar-refractivity contribution in [2.24, 2.45) is 5.10 Å². The van der Waals surface area contributed by atoms with Gasteiger partial charge in [-0.05, 0) is 76.4 Å². The van der Waals surface area contributed by atoms with Crippen LogP contribution in [0.15, 0.2) is 64.2 Å². The minimum absolute atomic E-state index is 0.294. The zero-order chi connectivity index (χ0) is 23.1. The number of hydrogen-bond acceptors (Lipinski definition) is 4. The number of nitrogens with zero attached hydrogens (tertiary/aromatic N) is 1. The van der Waals surface area contributed by atoms with Crippen LogP contribution in [-0.2, 0) is 6.61 Å². The third kappa shape index (κ3) is 6.62. The minimum atomic E-state index is -0.410. The van der Waals surface area contributed by atoms with Gasteiger partial charge in [0.1, 0.15) is 6.61 Å². The maximum atomic E-state index is 12.2. The van der Waals surface area contributed by atoms with Gasteiger partial charge in [-0.2, -0.15) is 5.10 Å². The molecule has 0 heterocycles. The Morgan fingerprint density at radius 2 is 1.78 bits per heavy atom. The van der Waals surface area contributed by atoms with Gasteiger partial charge in [-0.25, -0.2) is 5.43 Å². The topological polar surface area (TPSA) is 59.9 Å². The second kappa shape index (κ2) is 11.6. The highest BCUT2D eigenvalue weighted by Gasteiger charge is 2.13. The van der Waals surface area contributed by atoms with Crippen molar-refractivity contribution in [1.29, 1.82) is 0 Å². The molecule has 0 atom stereocenters. The van der Waals surface area contributed by atoms with E-state index >= 15 is 0 Å². The van der Waals surface area contributed by atoms with Crippen LogP contribution in [0.3, 0.4) is 0 Å². The Morgan fingerprint density at radius 1 is 1.03 bits per heavy atom. The van der Waals surface area contributed by atoms with Crippen LogP contribution in [-0.4, -0.2) is 18.7 Å². The molecule has 1 N–H and O–H groups in total. The monoisotopic (exact) mass is 554 g/mol. The predicted octanol–water partition coefficient (Wildman–Crippen LogP) is 7.15. The first-order valence-electron chi connectivity index (χ1n) is 9.49. The summed E-state index contributed by atoms with van der Waals surface area (Å²) in [6, 6.07) is 15.6. The van der Waals surface area contributed by atoms with Crippen LogP contribution >= 0.6 is 50.7 Å². The number of amides is 1. The molecule has 0 aliphatic rings. The van der Waals surface area contributed by atoms with Gasteiger partial charge in [0.2, 0.25) is 0 Å². The van der Waals surface area contributed by atoms with E-state index in [2.05, 4.69) is 26.5 Å². The Labute approximate surface area is 209 Å². The number of halogens is 4. The van der Waals surface area contributed by atoms with Gasteiger partial charge in [-0.15, -0.1) is 0 Å². The van der Waals surface area contributed by atoms with Gasteiger partial charge in [0.05, 0.1) is 27.3 Å². The van der Waals surface area contributed by atoms with Crippen molar-refractivity contribution in [3.05, 3.63) is 90.8 Å². The highest BCUT2D eigenvalue weighted by molar-refractivity contribution is 9.10. The lowest BCUT2D eigenvalue weighted by atomic mass is 10.2. The van der Waals surface area contributed by atoms with E-state index in [4.69, 9.17) is 44.3 Å². The number of nitrogens with one attached hydrogen (secondary N) is 1. The molecule has 0 radical (unpaired) electrons. The fraction of sp³-hybridized carbons (Fsp3) is 0.130. The molecule has 1 amide bonds. The van der Waals surface area contributed by atoms with Crippen molar-refractivity contribution in [1.82, 2.24) is 5.43 Å². The van der Waals surface area contributed by atoms with Gasteiger partial charge < -0.3 is 9.47 Å². The fourth-order valence-electron chi connectivity index (χ4n) is 2.67. The molecule has 166 valence electrons. The van der Waals surface area contributed by atoms with Crippen molar-refractivity contribution in [2.75, 3.05) is 6.61 Å². The smallest absolute Gasteiger partial charge is 0.271 e. The summed E-state index contributed by atoms with van der Waals surface area (Å²) >= 11 is 21.3. The molecule has 0 bridgehead atoms. The van der Waals surface area contributed by atoms with Crippen molar-refractivity contribution >= 4 is 62.9 Å². The number of carbonyl (C=O) groups is 1. The average molecular weight is 557 g/mol. The number of carbonyl (C=O) groups excluding carboxylic acids is 1. The van der Waals surface area contributed by atoms with E-state index in [9.17, 15) is 4.79 Å². The molecule has 0 spiro atoms. The van der Waals surface area contributed by atoms with Gasteiger partial charge in [-0.3, -0.25) is 4.79 Å². The lowest BCUT2D eigenvalue weighted by Gasteiger charge is -2.14. The van der Waals surface area contributed by atoms with Crippen LogP contribution in [0.4, 0.5) is 0 Å². The van der Waals surface area contributed by atoms with Crippen LogP contribution in [0.25, 0.3) is 0 Å². The average Bonchev–Trinajstić information content (AvgIpc) is 2.76. The Bertz CT molecular complexity index is 1140. The lowest BCUT2D eigenvalue weighted by molar-refractivity contribution is 0.0955. The maximum absolute atomic E-state index is 12.2. The SMILES string of the molecule is CCOc1cc(/C=N\NC(=O)c2ccc(Cl)c(Cl)c2)cc(Br)c1OCc1ccc(Cl)cc1. The maximum Gasteiger partial charge on any atom is 0.271 e. The second-order valence-corrected chi connectivity index (χ2v) is 8.61. The van der Waals surface area contributed by atoms with E-state index in [1.807, 2.05) is 37.3 Å². The molecule has 5 nitrogen and oxygen atoms in total. The standard InChI is InChI=1S/C23H18BrCl3N2O3/c1-2-31-21-10-15(12-28-29-23(30)16-5-8-19(26)20(27)11-16)9-18(24)22(21)32-13-14-3-6-17(25)7-4-14/h3-12H,2,13H2,1H3,(H,29,30)/b28-12-. The van der Waals surface area contributed by atoms with Crippen LogP contribution in [0.5, 0.6) is 11.5 Å². The van der Waals surface area contributed by atoms with Crippen LogP contribution < -0.4 is 14.9 Å². The molecule has 3 aromatic rings. The summed E-state index contributed by atoms with van der Waals surface area (Å²) < 4.78 is 12.4. The fourth-order valence-corrected chi connectivity index (χ4v) is 3.67. The van der Waals surface area contributed by atoms with Crippen LogP contribution in [0, 0.1) is 0 Å². The van der Waals surface area contributed by atoms with Gasteiger partial charge in [-0.1, -0.05) is 46.9 Å².